The van der Waals surface area contributed by atoms with Gasteiger partial charge in [0.2, 0.25) is 5.91 Å². The van der Waals surface area contributed by atoms with Crippen LogP contribution in [-0.2, 0) is 4.79 Å². The van der Waals surface area contributed by atoms with E-state index in [4.69, 9.17) is 17.3 Å². The summed E-state index contributed by atoms with van der Waals surface area (Å²) in [5, 5.41) is 3.60. The largest absolute Gasteiger partial charge is 0.350 e. The summed E-state index contributed by atoms with van der Waals surface area (Å²) >= 11 is 6.08. The topological polar surface area (TPSA) is 55.1 Å². The average molecular weight is 269 g/mol. The van der Waals surface area contributed by atoms with Gasteiger partial charge in [0.1, 0.15) is 0 Å². The molecule has 0 saturated heterocycles. The van der Waals surface area contributed by atoms with Gasteiger partial charge in [-0.05, 0) is 38.8 Å². The summed E-state index contributed by atoms with van der Waals surface area (Å²) in [4.78, 5) is 11.8. The van der Waals surface area contributed by atoms with Gasteiger partial charge >= 0.3 is 0 Å². The monoisotopic (exact) mass is 268 g/mol. The van der Waals surface area contributed by atoms with E-state index in [0.29, 0.717) is 17.9 Å². The lowest BCUT2D eigenvalue weighted by Crippen LogP contribution is -2.35. The van der Waals surface area contributed by atoms with Crippen LogP contribution in [0.5, 0.6) is 0 Å². The Morgan fingerprint density at radius 3 is 2.61 bits per heavy atom. The van der Waals surface area contributed by atoms with E-state index < -0.39 is 0 Å². The second-order valence-corrected chi connectivity index (χ2v) is 5.71. The zero-order valence-corrected chi connectivity index (χ0v) is 11.9. The van der Waals surface area contributed by atoms with Crippen molar-refractivity contribution >= 4 is 17.5 Å². The molecule has 1 rings (SSSR count). The molecule has 0 saturated carbocycles. The predicted octanol–water partition coefficient (Wildman–Crippen LogP) is 3.03. The Morgan fingerprint density at radius 2 is 2.06 bits per heavy atom. The van der Waals surface area contributed by atoms with Crippen LogP contribution in [0.25, 0.3) is 0 Å². The van der Waals surface area contributed by atoms with E-state index in [0.717, 1.165) is 5.56 Å². The second kappa shape index (κ2) is 6.21. The minimum absolute atomic E-state index is 0.000875. The molecule has 18 heavy (non-hydrogen) atoms. The molecule has 1 amide bonds. The molecule has 4 heteroatoms. The summed E-state index contributed by atoms with van der Waals surface area (Å²) in [5.74, 6) is 0.000875. The molecule has 0 radical (unpaired) electrons. The Morgan fingerprint density at radius 1 is 1.44 bits per heavy atom. The van der Waals surface area contributed by atoms with Gasteiger partial charge in [0, 0.05) is 17.0 Å². The number of nitrogens with two attached hydrogens (primary N) is 1. The maximum absolute atomic E-state index is 11.8. The summed E-state index contributed by atoms with van der Waals surface area (Å²) < 4.78 is 0. The van der Waals surface area contributed by atoms with E-state index in [2.05, 4.69) is 5.32 Å². The van der Waals surface area contributed by atoms with Crippen LogP contribution in [0.3, 0.4) is 0 Å². The Hall–Kier alpha value is -1.06. The molecule has 1 unspecified atom stereocenters. The standard InChI is InChI=1S/C14H21ClN2O/c1-10(11-6-4-5-7-12(11)15)17-13(18)8-9-14(2,3)16/h4-7,10H,8-9,16H2,1-3H3,(H,17,18). The van der Waals surface area contributed by atoms with Gasteiger partial charge < -0.3 is 11.1 Å². The molecule has 0 bridgehead atoms. The van der Waals surface area contributed by atoms with E-state index in [1.54, 1.807) is 0 Å². The molecule has 0 heterocycles. The van der Waals surface area contributed by atoms with E-state index in [-0.39, 0.29) is 17.5 Å². The van der Waals surface area contributed by atoms with Crippen molar-refractivity contribution in [2.24, 2.45) is 5.73 Å². The molecule has 1 atom stereocenters. The molecule has 0 aliphatic heterocycles. The number of nitrogens with one attached hydrogen (secondary N) is 1. The SMILES string of the molecule is CC(NC(=O)CCC(C)(C)N)c1ccccc1Cl. The first-order valence-corrected chi connectivity index (χ1v) is 6.50. The number of carbonyl (C=O) groups is 1. The molecule has 3 nitrogen and oxygen atoms in total. The fraction of sp³-hybridized carbons (Fsp3) is 0.500. The van der Waals surface area contributed by atoms with Crippen LogP contribution in [0.15, 0.2) is 24.3 Å². The van der Waals surface area contributed by atoms with E-state index >= 15 is 0 Å². The van der Waals surface area contributed by atoms with Gasteiger partial charge in [0.05, 0.1) is 6.04 Å². The number of hydrogen-bond acceptors (Lipinski definition) is 2. The lowest BCUT2D eigenvalue weighted by Gasteiger charge is -2.20. The maximum Gasteiger partial charge on any atom is 0.220 e. The van der Waals surface area contributed by atoms with Gasteiger partial charge in [-0.15, -0.1) is 0 Å². The van der Waals surface area contributed by atoms with Crippen molar-refractivity contribution in [3.63, 3.8) is 0 Å². The summed E-state index contributed by atoms with van der Waals surface area (Å²) in [5.41, 5.74) is 6.46. The van der Waals surface area contributed by atoms with Gasteiger partial charge in [0.25, 0.3) is 0 Å². The van der Waals surface area contributed by atoms with Crippen molar-refractivity contribution in [1.29, 1.82) is 0 Å². The highest BCUT2D eigenvalue weighted by Gasteiger charge is 2.16. The number of hydrogen-bond donors (Lipinski definition) is 2. The highest BCUT2D eigenvalue weighted by atomic mass is 35.5. The lowest BCUT2D eigenvalue weighted by molar-refractivity contribution is -0.122. The van der Waals surface area contributed by atoms with Gasteiger partial charge in [-0.1, -0.05) is 29.8 Å². The third-order valence-electron chi connectivity index (χ3n) is 2.75. The Bertz CT molecular complexity index is 413. The average Bonchev–Trinajstić information content (AvgIpc) is 2.26. The summed E-state index contributed by atoms with van der Waals surface area (Å²) in [6.45, 7) is 5.75. The third-order valence-corrected chi connectivity index (χ3v) is 3.09. The maximum atomic E-state index is 11.8. The number of rotatable bonds is 5. The molecule has 0 fully saturated rings. The molecule has 1 aromatic rings. The second-order valence-electron chi connectivity index (χ2n) is 5.30. The van der Waals surface area contributed by atoms with Crippen LogP contribution in [0, 0.1) is 0 Å². The van der Waals surface area contributed by atoms with Crippen LogP contribution < -0.4 is 11.1 Å². The first-order valence-electron chi connectivity index (χ1n) is 6.12. The van der Waals surface area contributed by atoms with E-state index in [1.807, 2.05) is 45.0 Å². The number of carbonyl (C=O) groups excluding carboxylic acids is 1. The smallest absolute Gasteiger partial charge is 0.220 e. The Kier molecular flexibility index (Phi) is 5.17. The van der Waals surface area contributed by atoms with Gasteiger partial charge in [0.15, 0.2) is 0 Å². The first-order chi connectivity index (χ1) is 8.29. The molecule has 0 aliphatic carbocycles. The first kappa shape index (κ1) is 15.0. The molecule has 3 N–H and O–H groups in total. The molecule has 100 valence electrons. The summed E-state index contributed by atoms with van der Waals surface area (Å²) in [6, 6.07) is 7.43. The summed E-state index contributed by atoms with van der Waals surface area (Å²) in [6.07, 6.45) is 1.09. The molecule has 0 aliphatic rings. The van der Waals surface area contributed by atoms with E-state index in [1.165, 1.54) is 0 Å². The van der Waals surface area contributed by atoms with Crippen LogP contribution in [0.2, 0.25) is 5.02 Å². The van der Waals surface area contributed by atoms with E-state index in [9.17, 15) is 4.79 Å². The highest BCUT2D eigenvalue weighted by Crippen LogP contribution is 2.22. The highest BCUT2D eigenvalue weighted by molar-refractivity contribution is 6.31. The van der Waals surface area contributed by atoms with Crippen molar-refractivity contribution in [3.05, 3.63) is 34.9 Å². The third kappa shape index (κ3) is 5.07. The zero-order valence-electron chi connectivity index (χ0n) is 11.2. The number of halogens is 1. The summed E-state index contributed by atoms with van der Waals surface area (Å²) in [7, 11) is 0. The Labute approximate surface area is 114 Å². The minimum atomic E-state index is -0.315. The fourth-order valence-corrected chi connectivity index (χ4v) is 1.95. The normalized spacial score (nSPS) is 13.2. The van der Waals surface area contributed by atoms with Gasteiger partial charge in [-0.25, -0.2) is 0 Å². The Balaban J connectivity index is 2.53. The van der Waals surface area contributed by atoms with Crippen molar-refractivity contribution in [2.45, 2.75) is 45.2 Å². The van der Waals surface area contributed by atoms with Gasteiger partial charge in [-0.2, -0.15) is 0 Å². The fourth-order valence-electron chi connectivity index (χ4n) is 1.65. The minimum Gasteiger partial charge on any atom is -0.350 e. The molecular formula is C14H21ClN2O. The van der Waals surface area contributed by atoms with Gasteiger partial charge in [-0.3, -0.25) is 4.79 Å². The quantitative estimate of drug-likeness (QED) is 0.862. The molecule has 0 aromatic heterocycles. The van der Waals surface area contributed by atoms with Crippen molar-refractivity contribution in [2.75, 3.05) is 0 Å². The van der Waals surface area contributed by atoms with Crippen LogP contribution in [0.1, 0.15) is 45.2 Å². The van der Waals surface area contributed by atoms with Crippen molar-refractivity contribution in [3.8, 4) is 0 Å². The van der Waals surface area contributed by atoms with Crippen molar-refractivity contribution in [1.82, 2.24) is 5.32 Å². The molecule has 0 spiro atoms. The molecular weight excluding hydrogens is 248 g/mol. The molecule has 1 aromatic carbocycles. The lowest BCUT2D eigenvalue weighted by atomic mass is 9.99. The number of benzene rings is 1. The number of amides is 1. The van der Waals surface area contributed by atoms with Crippen LogP contribution >= 0.6 is 11.6 Å². The predicted molar refractivity (Wildman–Crippen MR) is 75.5 cm³/mol. The van der Waals surface area contributed by atoms with Crippen LogP contribution in [0.4, 0.5) is 0 Å². The van der Waals surface area contributed by atoms with Crippen molar-refractivity contribution < 1.29 is 4.79 Å². The van der Waals surface area contributed by atoms with Crippen LogP contribution in [-0.4, -0.2) is 11.4 Å². The zero-order chi connectivity index (χ0) is 13.8.